The summed E-state index contributed by atoms with van der Waals surface area (Å²) in [4.78, 5) is 24.2. The van der Waals surface area contributed by atoms with Crippen molar-refractivity contribution in [3.05, 3.63) is 0 Å². The molecular weight excluding hydrogens is 564 g/mol. The molecule has 0 amide bonds. The van der Waals surface area contributed by atoms with E-state index in [0.717, 1.165) is 51.4 Å². The fourth-order valence-corrected chi connectivity index (χ4v) is 3.48. The molecule has 0 heterocycles. The Labute approximate surface area is 232 Å². The molecule has 0 aromatic heterocycles. The van der Waals surface area contributed by atoms with Gasteiger partial charge in [0.15, 0.2) is 5.25 Å². The van der Waals surface area contributed by atoms with Crippen molar-refractivity contribution in [2.24, 2.45) is 11.8 Å². The molecule has 0 rings (SSSR count). The molecule has 0 bridgehead atoms. The number of carbonyl (C=O) groups is 2. The van der Waals surface area contributed by atoms with Gasteiger partial charge in [-0.1, -0.05) is 66.2 Å². The molecule has 0 spiro atoms. The average molecular weight is 607 g/mol. The Morgan fingerprint density at radius 2 is 1.28 bits per heavy atom. The second kappa shape index (κ2) is 24.6. The summed E-state index contributed by atoms with van der Waals surface area (Å²) in [5.41, 5.74) is 0. The first kappa shape index (κ1) is 42.7. The van der Waals surface area contributed by atoms with Gasteiger partial charge in [0.1, 0.15) is 0 Å². The minimum atomic E-state index is -4.76. The molecule has 2 radical (unpaired) electrons. The van der Waals surface area contributed by atoms with Gasteiger partial charge in [0.25, 0.3) is 10.1 Å². The second-order valence-electron chi connectivity index (χ2n) is 7.35. The van der Waals surface area contributed by atoms with Crippen molar-refractivity contribution in [2.75, 3.05) is 13.2 Å². The van der Waals surface area contributed by atoms with E-state index in [2.05, 4.69) is 13.8 Å². The Morgan fingerprint density at radius 3 is 1.62 bits per heavy atom. The zero-order valence-electron chi connectivity index (χ0n) is 21.3. The van der Waals surface area contributed by atoms with E-state index in [1.807, 2.05) is 13.8 Å². The van der Waals surface area contributed by atoms with Crippen LogP contribution in [0.1, 0.15) is 86.9 Å². The molecule has 0 saturated carbocycles. The van der Waals surface area contributed by atoms with Crippen LogP contribution in [0.2, 0.25) is 0 Å². The Kier molecular flexibility index (Phi) is 32.8. The zero-order chi connectivity index (χ0) is 21.6. The van der Waals surface area contributed by atoms with E-state index in [-0.39, 0.29) is 89.3 Å². The molecule has 3 atom stereocenters. The number of halogens is 2. The van der Waals surface area contributed by atoms with Gasteiger partial charge in [0.2, 0.25) is 0 Å². The van der Waals surface area contributed by atoms with Gasteiger partial charge in [-0.3, -0.25) is 23.6 Å². The van der Waals surface area contributed by atoms with Gasteiger partial charge in [-0.25, -0.2) is 0 Å². The number of esters is 2. The molecule has 7 nitrogen and oxygen atoms in total. The number of hydrogen-bond acceptors (Lipinski definition) is 6. The van der Waals surface area contributed by atoms with E-state index < -0.39 is 33.7 Å². The van der Waals surface area contributed by atoms with Crippen LogP contribution in [0.5, 0.6) is 0 Å². The van der Waals surface area contributed by atoms with Crippen LogP contribution in [0.3, 0.4) is 0 Å². The van der Waals surface area contributed by atoms with Crippen LogP contribution in [0.4, 0.5) is 9.41 Å². The summed E-state index contributed by atoms with van der Waals surface area (Å²) in [6.45, 7) is 8.35. The van der Waals surface area contributed by atoms with Gasteiger partial charge in [-0.15, -0.1) is 0 Å². The molecule has 0 aliphatic heterocycles. The third-order valence-corrected chi connectivity index (χ3v) is 6.08. The van der Waals surface area contributed by atoms with Gasteiger partial charge in [-0.2, -0.15) is 8.42 Å². The van der Waals surface area contributed by atoms with Crippen molar-refractivity contribution in [2.45, 2.75) is 90.7 Å². The van der Waals surface area contributed by atoms with E-state index in [4.69, 9.17) is 9.47 Å². The Morgan fingerprint density at radius 1 is 0.875 bits per heavy atom. The third kappa shape index (κ3) is 19.9. The van der Waals surface area contributed by atoms with Crippen LogP contribution < -0.4 is 29.6 Å². The van der Waals surface area contributed by atoms with E-state index >= 15 is 0 Å². The zero-order valence-corrected chi connectivity index (χ0v) is 27.2. The predicted molar refractivity (Wildman–Crippen MR) is 123 cm³/mol. The first-order valence-electron chi connectivity index (χ1n) is 10.5. The third-order valence-electron chi connectivity index (χ3n) is 5.00. The molecule has 0 saturated heterocycles. The van der Waals surface area contributed by atoms with E-state index in [0.29, 0.717) is 0 Å². The fraction of sp³-hybridized carbons (Fsp3) is 0.900. The number of ether oxygens (including phenoxy) is 2. The molecule has 190 valence electrons. The van der Waals surface area contributed by atoms with Gasteiger partial charge >= 0.3 is 65.4 Å². The standard InChI is InChI=1S/C20H38O7S.2FH.Na.Sn.3H/c1-5-9-11-16(7-3)14-26-19(21)13-18(28(23,24)25)20(22)27-15-17(8-4)12-10-6-2;;;;;;;/h16-18H,5-15H2,1-4H3,(H,23,24,25);2*1H;;;;;/q;;;+1;;;;-1. The molecule has 3 unspecified atom stereocenters. The summed E-state index contributed by atoms with van der Waals surface area (Å²) in [5.74, 6) is -1.61. The number of carbonyl (C=O) groups excluding carboxylic acids is 2. The summed E-state index contributed by atoms with van der Waals surface area (Å²) >= 11 is 0. The molecule has 0 aliphatic carbocycles. The topological polar surface area (TPSA) is 107 Å². The van der Waals surface area contributed by atoms with Gasteiger partial charge in [0, 0.05) is 0 Å². The SMILES string of the molecule is CCCCC(CC)COC(=O)CC(C(=O)OCC(CC)CCCC)S(=O)(=O)O.F.F.[H-].[Na+].[SnH2]. The molecule has 0 fully saturated rings. The van der Waals surface area contributed by atoms with Gasteiger partial charge in [0.05, 0.1) is 19.6 Å². The second-order valence-corrected chi connectivity index (χ2v) is 8.95. The summed E-state index contributed by atoms with van der Waals surface area (Å²) in [7, 11) is -4.76. The summed E-state index contributed by atoms with van der Waals surface area (Å²) in [6.07, 6.45) is 6.74. The van der Waals surface area contributed by atoms with Gasteiger partial charge in [-0.05, 0) is 24.7 Å². The first-order valence-corrected chi connectivity index (χ1v) is 12.0. The Bertz CT molecular complexity index is 575. The monoisotopic (exact) mass is 608 g/mol. The quantitative estimate of drug-likeness (QED) is 0.156. The van der Waals surface area contributed by atoms with Crippen LogP contribution in [-0.2, 0) is 29.2 Å². The van der Waals surface area contributed by atoms with E-state index in [9.17, 15) is 22.6 Å². The molecule has 0 aliphatic rings. The summed E-state index contributed by atoms with van der Waals surface area (Å²) in [5, 5.41) is -1.95. The van der Waals surface area contributed by atoms with Crippen molar-refractivity contribution in [1.29, 1.82) is 0 Å². The van der Waals surface area contributed by atoms with E-state index in [1.165, 1.54) is 0 Å². The predicted octanol–water partition coefficient (Wildman–Crippen LogP) is 0.657. The molecule has 12 heteroatoms. The molecular formula is C20H43F2NaO7SSn. The number of rotatable bonds is 16. The van der Waals surface area contributed by atoms with Crippen LogP contribution in [0.25, 0.3) is 0 Å². The minimum absolute atomic E-state index is 0. The summed E-state index contributed by atoms with van der Waals surface area (Å²) < 4.78 is 42.8. The Balaban J connectivity index is -0.000000364. The summed E-state index contributed by atoms with van der Waals surface area (Å²) in [6, 6.07) is 0. The normalized spacial score (nSPS) is 13.0. The van der Waals surface area contributed by atoms with Crippen LogP contribution >= 0.6 is 0 Å². The molecule has 0 aromatic carbocycles. The van der Waals surface area contributed by atoms with Crippen LogP contribution in [0.15, 0.2) is 0 Å². The molecule has 1 N–H and O–H groups in total. The van der Waals surface area contributed by atoms with Crippen molar-refractivity contribution < 1.29 is 72.4 Å². The maximum atomic E-state index is 12.2. The van der Waals surface area contributed by atoms with Crippen LogP contribution in [-0.4, -0.2) is 67.3 Å². The van der Waals surface area contributed by atoms with Crippen molar-refractivity contribution >= 4 is 46.0 Å². The Hall–Kier alpha value is 0.509. The van der Waals surface area contributed by atoms with Crippen LogP contribution in [0, 0.1) is 11.8 Å². The first-order chi connectivity index (χ1) is 13.2. The average Bonchev–Trinajstić information content (AvgIpc) is 2.65. The van der Waals surface area contributed by atoms with E-state index in [1.54, 1.807) is 0 Å². The van der Waals surface area contributed by atoms with Gasteiger partial charge < -0.3 is 10.9 Å². The maximum absolute atomic E-state index is 12.2. The van der Waals surface area contributed by atoms with Crippen molar-refractivity contribution in [3.8, 4) is 0 Å². The molecule has 32 heavy (non-hydrogen) atoms. The van der Waals surface area contributed by atoms with Crippen molar-refractivity contribution in [1.82, 2.24) is 0 Å². The fourth-order valence-electron chi connectivity index (χ4n) is 2.82. The van der Waals surface area contributed by atoms with Crippen molar-refractivity contribution in [3.63, 3.8) is 0 Å². The molecule has 0 aromatic rings. The number of hydrogen-bond donors (Lipinski definition) is 1. The number of unbranched alkanes of at least 4 members (excludes halogenated alkanes) is 2.